The Bertz CT molecular complexity index is 993. The summed E-state index contributed by atoms with van der Waals surface area (Å²) >= 11 is 0. The maximum atomic E-state index is 12.7. The molecule has 40 heavy (non-hydrogen) atoms. The van der Waals surface area contributed by atoms with Crippen molar-refractivity contribution in [1.29, 1.82) is 0 Å². The predicted octanol–water partition coefficient (Wildman–Crippen LogP) is 8.21. The first-order valence-corrected chi connectivity index (χ1v) is 14.6. The maximum absolute atomic E-state index is 12.7. The Morgan fingerprint density at radius 1 is 0.850 bits per heavy atom. The molecule has 0 aliphatic rings. The van der Waals surface area contributed by atoms with Gasteiger partial charge >= 0.3 is 0 Å². The number of aliphatic imine (C=N–C) groups is 1. The number of anilines is 1. The predicted molar refractivity (Wildman–Crippen MR) is 169 cm³/mol. The zero-order chi connectivity index (χ0) is 30.5. The monoisotopic (exact) mass is 555 g/mol. The van der Waals surface area contributed by atoms with Gasteiger partial charge in [-0.05, 0) is 88.1 Å². The van der Waals surface area contributed by atoms with Crippen LogP contribution in [0.15, 0.2) is 41.4 Å². The number of rotatable bonds is 14. The Balaban J connectivity index is 0.000000887. The van der Waals surface area contributed by atoms with E-state index in [4.69, 9.17) is 10.2 Å². The fourth-order valence-corrected chi connectivity index (χ4v) is 4.47. The molecule has 0 bridgehead atoms. The van der Waals surface area contributed by atoms with E-state index in [1.807, 2.05) is 26.1 Å². The van der Waals surface area contributed by atoms with Gasteiger partial charge in [-0.15, -0.1) is 0 Å². The Morgan fingerprint density at radius 2 is 1.40 bits per heavy atom. The molecule has 0 aromatic heterocycles. The number of Topliss-reactive ketones (excluding diaryl/α,β-unsaturated/α-hetero) is 1. The van der Waals surface area contributed by atoms with Crippen LogP contribution in [0.1, 0.15) is 109 Å². The molecule has 0 fully saturated rings. The quantitative estimate of drug-likeness (QED) is 0.176. The highest BCUT2D eigenvalue weighted by atomic mass is 16.3. The van der Waals surface area contributed by atoms with Crippen molar-refractivity contribution in [2.75, 3.05) is 12.4 Å². The molecule has 0 saturated carbocycles. The minimum absolute atomic E-state index is 0.0152. The molecule has 0 heterocycles. The molecule has 7 nitrogen and oxygen atoms in total. The summed E-state index contributed by atoms with van der Waals surface area (Å²) in [6, 6.07) is 10.4. The summed E-state index contributed by atoms with van der Waals surface area (Å²) < 4.78 is 0. The zero-order valence-electron chi connectivity index (χ0n) is 25.8. The summed E-state index contributed by atoms with van der Waals surface area (Å²) in [5.74, 6) is 1.18. The molecule has 0 aliphatic heterocycles. The SMILES string of the molecule is C=Nc1cc(C(=O)NC(CCC)CCC(CCC)CCC)ccc1NC.CC(C)=O.CCc1cc(O)cc(O)c1. The van der Waals surface area contributed by atoms with Gasteiger partial charge in [-0.2, -0.15) is 0 Å². The molecular weight excluding hydrogens is 502 g/mol. The van der Waals surface area contributed by atoms with Gasteiger partial charge in [0.05, 0.1) is 11.4 Å². The van der Waals surface area contributed by atoms with Crippen LogP contribution in [-0.2, 0) is 11.2 Å². The summed E-state index contributed by atoms with van der Waals surface area (Å²) in [6.07, 6.45) is 10.3. The maximum Gasteiger partial charge on any atom is 0.251 e. The second kappa shape index (κ2) is 21.5. The molecule has 1 unspecified atom stereocenters. The van der Waals surface area contributed by atoms with Crippen LogP contribution in [0.5, 0.6) is 11.5 Å². The number of carbonyl (C=O) groups excluding carboxylic acids is 2. The van der Waals surface area contributed by atoms with Gasteiger partial charge in [0.15, 0.2) is 0 Å². The summed E-state index contributed by atoms with van der Waals surface area (Å²) in [5.41, 5.74) is 3.17. The number of aromatic hydroxyl groups is 2. The van der Waals surface area contributed by atoms with Crippen molar-refractivity contribution in [3.63, 3.8) is 0 Å². The first-order chi connectivity index (χ1) is 19.0. The molecule has 0 aliphatic carbocycles. The van der Waals surface area contributed by atoms with Gasteiger partial charge in [-0.25, -0.2) is 0 Å². The molecular formula is C33H53N3O4. The van der Waals surface area contributed by atoms with Gasteiger partial charge in [-0.3, -0.25) is 9.79 Å². The number of phenols is 2. The highest BCUT2D eigenvalue weighted by Gasteiger charge is 2.16. The Hall–Kier alpha value is -3.35. The first kappa shape index (κ1) is 36.6. The molecule has 0 radical (unpaired) electrons. The third-order valence-electron chi connectivity index (χ3n) is 6.36. The van der Waals surface area contributed by atoms with E-state index in [1.165, 1.54) is 52.0 Å². The van der Waals surface area contributed by atoms with E-state index in [1.54, 1.807) is 18.2 Å². The largest absolute Gasteiger partial charge is 0.508 e. The van der Waals surface area contributed by atoms with Gasteiger partial charge in [0, 0.05) is 24.7 Å². The Kier molecular flexibility index (Phi) is 19.7. The van der Waals surface area contributed by atoms with Crippen LogP contribution < -0.4 is 10.6 Å². The topological polar surface area (TPSA) is 111 Å². The lowest BCUT2D eigenvalue weighted by molar-refractivity contribution is -0.115. The fourth-order valence-electron chi connectivity index (χ4n) is 4.47. The van der Waals surface area contributed by atoms with Crippen LogP contribution in [0.3, 0.4) is 0 Å². The second-order valence-corrected chi connectivity index (χ2v) is 10.2. The highest BCUT2D eigenvalue weighted by molar-refractivity contribution is 5.96. The van der Waals surface area contributed by atoms with Crippen molar-refractivity contribution in [1.82, 2.24) is 5.32 Å². The van der Waals surface area contributed by atoms with Crippen molar-refractivity contribution in [2.45, 2.75) is 105 Å². The second-order valence-electron chi connectivity index (χ2n) is 10.2. The molecule has 0 saturated heterocycles. The van der Waals surface area contributed by atoms with Gasteiger partial charge in [0.1, 0.15) is 17.3 Å². The summed E-state index contributed by atoms with van der Waals surface area (Å²) in [4.78, 5) is 26.2. The van der Waals surface area contributed by atoms with E-state index < -0.39 is 0 Å². The summed E-state index contributed by atoms with van der Waals surface area (Å²) in [5, 5.41) is 24.2. The molecule has 2 aromatic carbocycles. The van der Waals surface area contributed by atoms with Gasteiger partial charge in [-0.1, -0.05) is 59.8 Å². The molecule has 1 atom stereocenters. The van der Waals surface area contributed by atoms with Crippen LogP contribution >= 0.6 is 0 Å². The van der Waals surface area contributed by atoms with E-state index >= 15 is 0 Å². The lowest BCUT2D eigenvalue weighted by Crippen LogP contribution is -2.35. The average molecular weight is 556 g/mol. The summed E-state index contributed by atoms with van der Waals surface area (Å²) in [6.45, 7) is 15.3. The Morgan fingerprint density at radius 3 is 1.85 bits per heavy atom. The highest BCUT2D eigenvalue weighted by Crippen LogP contribution is 2.26. The smallest absolute Gasteiger partial charge is 0.251 e. The molecule has 2 aromatic rings. The van der Waals surface area contributed by atoms with E-state index in [9.17, 15) is 9.59 Å². The third-order valence-corrected chi connectivity index (χ3v) is 6.36. The number of carbonyl (C=O) groups is 2. The van der Waals surface area contributed by atoms with E-state index in [-0.39, 0.29) is 29.2 Å². The van der Waals surface area contributed by atoms with E-state index in [0.717, 1.165) is 42.9 Å². The van der Waals surface area contributed by atoms with Crippen molar-refractivity contribution >= 4 is 29.8 Å². The van der Waals surface area contributed by atoms with Crippen molar-refractivity contribution in [2.24, 2.45) is 10.9 Å². The molecule has 7 heteroatoms. The van der Waals surface area contributed by atoms with Crippen molar-refractivity contribution < 1.29 is 19.8 Å². The number of amides is 1. The number of hydrogen-bond donors (Lipinski definition) is 4. The fraction of sp³-hybridized carbons (Fsp3) is 0.545. The van der Waals surface area contributed by atoms with Crippen LogP contribution in [0, 0.1) is 5.92 Å². The normalized spacial score (nSPS) is 10.9. The third kappa shape index (κ3) is 15.9. The van der Waals surface area contributed by atoms with E-state index in [0.29, 0.717) is 11.3 Å². The lowest BCUT2D eigenvalue weighted by atomic mass is 9.90. The van der Waals surface area contributed by atoms with Crippen molar-refractivity contribution in [3.05, 3.63) is 47.5 Å². The van der Waals surface area contributed by atoms with Crippen LogP contribution in [-0.4, -0.2) is 41.7 Å². The van der Waals surface area contributed by atoms with Crippen molar-refractivity contribution in [3.8, 4) is 11.5 Å². The Labute approximate surface area is 242 Å². The zero-order valence-corrected chi connectivity index (χ0v) is 25.8. The number of hydrogen-bond acceptors (Lipinski definition) is 6. The summed E-state index contributed by atoms with van der Waals surface area (Å²) in [7, 11) is 1.84. The van der Waals surface area contributed by atoms with E-state index in [2.05, 4.69) is 43.1 Å². The average Bonchev–Trinajstić information content (AvgIpc) is 2.91. The minimum atomic E-state index is -0.0152. The molecule has 224 valence electrons. The number of nitrogens with one attached hydrogen (secondary N) is 2. The number of nitrogens with zero attached hydrogens (tertiary/aromatic N) is 1. The molecule has 1 amide bonds. The van der Waals surface area contributed by atoms with Gasteiger partial charge < -0.3 is 25.6 Å². The molecule has 4 N–H and O–H groups in total. The molecule has 2 rings (SSSR count). The number of aryl methyl sites for hydroxylation is 1. The van der Waals surface area contributed by atoms with Crippen LogP contribution in [0.25, 0.3) is 0 Å². The lowest BCUT2D eigenvalue weighted by Gasteiger charge is -2.22. The van der Waals surface area contributed by atoms with Crippen LogP contribution in [0.2, 0.25) is 0 Å². The molecule has 0 spiro atoms. The number of benzene rings is 2. The number of ketones is 1. The number of phenolic OH excluding ortho intramolecular Hbond substituents is 2. The van der Waals surface area contributed by atoms with Gasteiger partial charge in [0.2, 0.25) is 0 Å². The standard InChI is InChI=1S/C22H37N3O.C8H10O2.C3H6O/c1-6-9-17(10-7-2)12-14-19(11-8-3)25-22(26)18-13-15-20(23-4)21(16-18)24-5;1-2-6-3-7(9)5-8(10)4-6;1-3(2)4/h13,15-17,19,23H,5-12,14H2,1-4H3,(H,25,26);3-5,9-10H,2H2,1H3;1-2H3. The first-order valence-electron chi connectivity index (χ1n) is 14.6. The minimum Gasteiger partial charge on any atom is -0.508 e. The van der Waals surface area contributed by atoms with Gasteiger partial charge in [0.25, 0.3) is 5.91 Å². The van der Waals surface area contributed by atoms with Crippen LogP contribution in [0.4, 0.5) is 11.4 Å².